The Morgan fingerprint density at radius 1 is 2.00 bits per heavy atom. The molecular weight excluding hydrogens is 78.0 g/mol. The van der Waals surface area contributed by atoms with Crippen LogP contribution in [0.4, 0.5) is 0 Å². The molecule has 2 nitrogen and oxygen atoms in total. The minimum atomic E-state index is 0.241. The highest BCUT2D eigenvalue weighted by molar-refractivity contribution is 4.68. The van der Waals surface area contributed by atoms with E-state index in [2.05, 4.69) is 5.32 Å². The predicted octanol–water partition coefficient (Wildman–Crippen LogP) is 0.114. The van der Waals surface area contributed by atoms with Crippen LogP contribution in [0.2, 0.25) is 0 Å². The molecule has 0 aromatic carbocycles. The van der Waals surface area contributed by atoms with E-state index < -0.39 is 0 Å². The standard InChI is InChI=1S/C4H8NO/c1-4-5-2-3-6-4/h2,4-5H,3H2,1H3. The minimum absolute atomic E-state index is 0.241. The Labute approximate surface area is 37.5 Å². The van der Waals surface area contributed by atoms with E-state index in [-0.39, 0.29) is 6.23 Å². The van der Waals surface area contributed by atoms with Gasteiger partial charge in [-0.1, -0.05) is 0 Å². The molecule has 1 N–H and O–H groups in total. The molecule has 35 valence electrons. The van der Waals surface area contributed by atoms with E-state index in [0.717, 1.165) is 6.61 Å². The maximum Gasteiger partial charge on any atom is 0.105 e. The first-order valence-electron chi connectivity index (χ1n) is 2.09. The molecule has 0 aliphatic carbocycles. The lowest BCUT2D eigenvalue weighted by Crippen LogP contribution is -2.14. The van der Waals surface area contributed by atoms with Gasteiger partial charge >= 0.3 is 0 Å². The Hall–Kier alpha value is -0.0800. The van der Waals surface area contributed by atoms with Crippen LogP contribution in [0.3, 0.4) is 0 Å². The third-order valence-electron chi connectivity index (χ3n) is 0.782. The Balaban J connectivity index is 2.18. The van der Waals surface area contributed by atoms with Gasteiger partial charge in [0.2, 0.25) is 0 Å². The minimum Gasteiger partial charge on any atom is -0.362 e. The lowest BCUT2D eigenvalue weighted by molar-refractivity contribution is 0.117. The molecule has 1 radical (unpaired) electrons. The molecule has 0 bridgehead atoms. The SMILES string of the molecule is CC1N[CH]CO1. The van der Waals surface area contributed by atoms with Gasteiger partial charge in [-0.15, -0.1) is 0 Å². The van der Waals surface area contributed by atoms with Gasteiger partial charge in [0.05, 0.1) is 13.2 Å². The molecule has 0 aromatic heterocycles. The van der Waals surface area contributed by atoms with Crippen molar-refractivity contribution < 1.29 is 4.74 Å². The smallest absolute Gasteiger partial charge is 0.105 e. The second-order valence-electron chi connectivity index (χ2n) is 1.35. The molecule has 0 amide bonds. The first kappa shape index (κ1) is 4.09. The summed E-state index contributed by atoms with van der Waals surface area (Å²) in [6, 6.07) is 0. The highest BCUT2D eigenvalue weighted by atomic mass is 16.5. The van der Waals surface area contributed by atoms with Crippen molar-refractivity contribution in [1.29, 1.82) is 0 Å². The first-order valence-corrected chi connectivity index (χ1v) is 2.09. The summed E-state index contributed by atoms with van der Waals surface area (Å²) in [5.74, 6) is 0. The summed E-state index contributed by atoms with van der Waals surface area (Å²) in [7, 11) is 0. The third-order valence-corrected chi connectivity index (χ3v) is 0.782. The Morgan fingerprint density at radius 3 is 3.00 bits per heavy atom. The summed E-state index contributed by atoms with van der Waals surface area (Å²) in [4.78, 5) is 0. The zero-order valence-electron chi connectivity index (χ0n) is 3.77. The van der Waals surface area contributed by atoms with Gasteiger partial charge in [0.15, 0.2) is 0 Å². The van der Waals surface area contributed by atoms with Crippen molar-refractivity contribution in [2.24, 2.45) is 0 Å². The summed E-state index contributed by atoms with van der Waals surface area (Å²) < 4.78 is 4.99. The normalized spacial score (nSPS) is 34.5. The number of rotatable bonds is 0. The van der Waals surface area contributed by atoms with Gasteiger partial charge in [-0.3, -0.25) is 5.32 Å². The second kappa shape index (κ2) is 1.58. The highest BCUT2D eigenvalue weighted by Gasteiger charge is 2.05. The lowest BCUT2D eigenvalue weighted by atomic mass is 10.7. The van der Waals surface area contributed by atoms with E-state index in [4.69, 9.17) is 4.74 Å². The summed E-state index contributed by atoms with van der Waals surface area (Å²) in [5, 5.41) is 2.97. The monoisotopic (exact) mass is 86.1 g/mol. The van der Waals surface area contributed by atoms with E-state index >= 15 is 0 Å². The van der Waals surface area contributed by atoms with Crippen molar-refractivity contribution in [2.75, 3.05) is 6.61 Å². The van der Waals surface area contributed by atoms with Crippen molar-refractivity contribution >= 4 is 0 Å². The zero-order valence-corrected chi connectivity index (χ0v) is 3.77. The van der Waals surface area contributed by atoms with E-state index in [0.29, 0.717) is 0 Å². The molecule has 1 saturated heterocycles. The molecule has 1 heterocycles. The molecule has 0 spiro atoms. The van der Waals surface area contributed by atoms with Crippen molar-refractivity contribution in [2.45, 2.75) is 13.2 Å². The van der Waals surface area contributed by atoms with Crippen LogP contribution in [0, 0.1) is 6.54 Å². The summed E-state index contributed by atoms with van der Waals surface area (Å²) in [5.41, 5.74) is 0. The molecule has 1 unspecified atom stereocenters. The summed E-state index contributed by atoms with van der Waals surface area (Å²) in [6.45, 7) is 4.63. The molecule has 6 heavy (non-hydrogen) atoms. The van der Waals surface area contributed by atoms with Gasteiger partial charge in [0.1, 0.15) is 6.23 Å². The molecule has 0 saturated carbocycles. The average molecular weight is 86.1 g/mol. The first-order chi connectivity index (χ1) is 2.89. The summed E-state index contributed by atoms with van der Waals surface area (Å²) in [6.07, 6.45) is 0.241. The fourth-order valence-corrected chi connectivity index (χ4v) is 0.455. The highest BCUT2D eigenvalue weighted by Crippen LogP contribution is 1.93. The van der Waals surface area contributed by atoms with E-state index in [1.807, 2.05) is 13.5 Å². The maximum atomic E-state index is 4.99. The second-order valence-corrected chi connectivity index (χ2v) is 1.35. The van der Waals surface area contributed by atoms with Crippen molar-refractivity contribution in [3.05, 3.63) is 6.54 Å². The largest absolute Gasteiger partial charge is 0.362 e. The van der Waals surface area contributed by atoms with Crippen LogP contribution in [0.1, 0.15) is 6.92 Å². The van der Waals surface area contributed by atoms with Crippen LogP contribution >= 0.6 is 0 Å². The summed E-state index contributed by atoms with van der Waals surface area (Å²) >= 11 is 0. The van der Waals surface area contributed by atoms with Gasteiger partial charge in [0.25, 0.3) is 0 Å². The third kappa shape index (κ3) is 0.698. The van der Waals surface area contributed by atoms with Crippen molar-refractivity contribution in [1.82, 2.24) is 5.32 Å². The van der Waals surface area contributed by atoms with E-state index in [1.165, 1.54) is 0 Å². The van der Waals surface area contributed by atoms with Crippen molar-refractivity contribution in [3.8, 4) is 0 Å². The quantitative estimate of drug-likeness (QED) is 0.452. The van der Waals surface area contributed by atoms with Crippen LogP contribution in [-0.4, -0.2) is 12.8 Å². The van der Waals surface area contributed by atoms with Crippen LogP contribution < -0.4 is 5.32 Å². The Morgan fingerprint density at radius 2 is 2.83 bits per heavy atom. The Kier molecular flexibility index (Phi) is 1.08. The number of hydrogen-bond acceptors (Lipinski definition) is 2. The maximum absolute atomic E-state index is 4.99. The average Bonchev–Trinajstić information content (AvgIpc) is 1.86. The molecule has 0 aromatic rings. The van der Waals surface area contributed by atoms with Crippen LogP contribution in [0.25, 0.3) is 0 Å². The van der Waals surface area contributed by atoms with E-state index in [9.17, 15) is 0 Å². The zero-order chi connectivity index (χ0) is 4.41. The lowest BCUT2D eigenvalue weighted by Gasteiger charge is -1.95. The number of hydrogen-bond donors (Lipinski definition) is 1. The number of ether oxygens (including phenoxy) is 1. The number of nitrogens with one attached hydrogen (secondary N) is 1. The van der Waals surface area contributed by atoms with Crippen LogP contribution in [0.15, 0.2) is 0 Å². The Bertz CT molecular complexity index is 40.8. The van der Waals surface area contributed by atoms with Gasteiger partial charge in [0, 0.05) is 0 Å². The molecule has 1 rings (SSSR count). The molecule has 1 fully saturated rings. The molecule has 1 atom stereocenters. The van der Waals surface area contributed by atoms with Gasteiger partial charge in [-0.2, -0.15) is 0 Å². The van der Waals surface area contributed by atoms with Gasteiger partial charge in [-0.25, -0.2) is 0 Å². The van der Waals surface area contributed by atoms with Crippen LogP contribution in [0.5, 0.6) is 0 Å². The van der Waals surface area contributed by atoms with Gasteiger partial charge in [-0.05, 0) is 6.92 Å². The predicted molar refractivity (Wildman–Crippen MR) is 22.8 cm³/mol. The van der Waals surface area contributed by atoms with Crippen LogP contribution in [-0.2, 0) is 4.74 Å². The molecular formula is C4H8NO. The fourth-order valence-electron chi connectivity index (χ4n) is 0.455. The van der Waals surface area contributed by atoms with Gasteiger partial charge < -0.3 is 4.74 Å². The molecule has 1 aliphatic heterocycles. The topological polar surface area (TPSA) is 21.3 Å². The fraction of sp³-hybridized carbons (Fsp3) is 0.750. The molecule has 2 heteroatoms. The van der Waals surface area contributed by atoms with Crippen molar-refractivity contribution in [3.63, 3.8) is 0 Å². The molecule has 1 aliphatic rings. The van der Waals surface area contributed by atoms with E-state index in [1.54, 1.807) is 0 Å².